The standard InChI is InChI=1S/C60H76Cl2N12O12S2/c1-37-27-43(9-11-53(37)85-55-47-31-41(61)29-39(35-63)45(47)33-51(55)69(3)4)73(87(79)80)49-13-19-71(57(49)75)21-25-83-23-17-67-59(77)65-15-7-8-16-66-60(78)68-18-24-84-26-22-72-20-14-50(58(72)76)74(88(81)82)44-10-12-54(38(2)28-44)86-56-48-32-42(62)30-40(36-64)46(48)34-52(56)70(5)6/h9-12,27-32,49-52,55-56,87-88H,7-8,13-26,33-34H2,1-6H3,(H2,65,67,77)(H2,66,68,78)/t49-,50-,51-,52-,55-,56-/m0/s1. The van der Waals surface area contributed by atoms with Crippen LogP contribution in [0.1, 0.15) is 82.4 Å². The highest BCUT2D eigenvalue weighted by Crippen LogP contribution is 2.44. The number of anilines is 2. The zero-order valence-electron chi connectivity index (χ0n) is 50.1. The summed E-state index contributed by atoms with van der Waals surface area (Å²) in [7, 11) is 1.41. The molecule has 88 heavy (non-hydrogen) atoms. The fourth-order valence-electron chi connectivity index (χ4n) is 11.7. The third kappa shape index (κ3) is 16.2. The van der Waals surface area contributed by atoms with E-state index >= 15 is 0 Å². The molecule has 4 N–H and O–H groups in total. The highest BCUT2D eigenvalue weighted by atomic mass is 35.5. The number of amides is 6. The van der Waals surface area contributed by atoms with E-state index in [1.165, 1.54) is 0 Å². The number of hydrogen-bond donors (Lipinski definition) is 6. The molecule has 4 aliphatic rings. The lowest BCUT2D eigenvalue weighted by Gasteiger charge is -2.29. The van der Waals surface area contributed by atoms with Gasteiger partial charge in [-0.05, 0) is 175 Å². The Balaban J connectivity index is 0.652. The number of fused-ring (bicyclic) bond motifs is 2. The lowest BCUT2D eigenvalue weighted by atomic mass is 10.0. The van der Waals surface area contributed by atoms with Crippen molar-refractivity contribution in [1.29, 1.82) is 10.5 Å². The summed E-state index contributed by atoms with van der Waals surface area (Å²) >= 11 is 12.8. The minimum absolute atomic E-state index is 0.0779. The van der Waals surface area contributed by atoms with Gasteiger partial charge in [0.05, 0.1) is 73.2 Å². The molecular weight excluding hydrogens is 1220 g/mol. The summed E-state index contributed by atoms with van der Waals surface area (Å²) in [6, 6.07) is 18.7. The first-order valence-electron chi connectivity index (χ1n) is 29.1. The van der Waals surface area contributed by atoms with Gasteiger partial charge in [-0.1, -0.05) is 23.2 Å². The zero-order valence-corrected chi connectivity index (χ0v) is 53.4. The van der Waals surface area contributed by atoms with E-state index in [9.17, 15) is 46.5 Å². The highest BCUT2D eigenvalue weighted by Gasteiger charge is 2.42. The largest absolute Gasteiger partial charge is 0.484 e. The van der Waals surface area contributed by atoms with Crippen LogP contribution < -0.4 is 39.4 Å². The number of ether oxygens (including phenoxy) is 4. The lowest BCUT2D eigenvalue weighted by molar-refractivity contribution is -0.130. The molecule has 4 aromatic carbocycles. The maximum atomic E-state index is 13.5. The number of nitrogens with zero attached hydrogens (tertiary/aromatic N) is 8. The van der Waals surface area contributed by atoms with Gasteiger partial charge < -0.3 is 59.8 Å². The monoisotopic (exact) mass is 1290 g/mol. The van der Waals surface area contributed by atoms with Crippen LogP contribution in [0.4, 0.5) is 21.0 Å². The van der Waals surface area contributed by atoms with Crippen LogP contribution in [0.15, 0.2) is 60.7 Å². The van der Waals surface area contributed by atoms with Crippen LogP contribution >= 0.6 is 23.2 Å². The summed E-state index contributed by atoms with van der Waals surface area (Å²) < 4.78 is 77.5. The maximum Gasteiger partial charge on any atom is 0.314 e. The number of nitrogens with one attached hydrogen (secondary N) is 4. The Bertz CT molecular complexity index is 3230. The van der Waals surface area contributed by atoms with E-state index in [0.717, 1.165) is 30.9 Å². The molecule has 24 nitrogen and oxygen atoms in total. The Labute approximate surface area is 527 Å². The summed E-state index contributed by atoms with van der Waals surface area (Å²) in [5, 5.41) is 31.4. The molecular formula is C60H76Cl2N12O12S2. The Morgan fingerprint density at radius 2 is 0.977 bits per heavy atom. The molecule has 0 unspecified atom stereocenters. The van der Waals surface area contributed by atoms with Crippen molar-refractivity contribution in [3.05, 3.63) is 115 Å². The first-order valence-corrected chi connectivity index (χ1v) is 32.2. The fraction of sp³-hybridized carbons (Fsp3) is 0.500. The van der Waals surface area contributed by atoms with Crippen LogP contribution in [0.25, 0.3) is 0 Å². The molecule has 2 aliphatic heterocycles. The van der Waals surface area contributed by atoms with Crippen molar-refractivity contribution in [3.63, 3.8) is 0 Å². The van der Waals surface area contributed by atoms with Gasteiger partial charge >= 0.3 is 12.1 Å². The number of likely N-dealkylation sites (N-methyl/N-ethyl adjacent to an activating group) is 2. The van der Waals surface area contributed by atoms with Gasteiger partial charge in [-0.3, -0.25) is 18.2 Å². The normalized spacial score (nSPS) is 19.5. The molecule has 0 saturated carbocycles. The minimum atomic E-state index is -3.18. The average molecular weight is 1290 g/mol. The van der Waals surface area contributed by atoms with E-state index in [1.807, 2.05) is 64.0 Å². The molecule has 0 radical (unpaired) electrons. The predicted octanol–water partition coefficient (Wildman–Crippen LogP) is 4.55. The second-order valence-corrected chi connectivity index (χ2v) is 25.1. The maximum absolute atomic E-state index is 13.5. The van der Waals surface area contributed by atoms with Crippen LogP contribution in [0, 0.1) is 36.5 Å². The number of likely N-dealkylation sites (tertiary alicyclic amines) is 2. The molecule has 2 fully saturated rings. The van der Waals surface area contributed by atoms with Gasteiger partial charge in [0.25, 0.3) is 0 Å². The summed E-state index contributed by atoms with van der Waals surface area (Å²) in [5.41, 5.74) is 6.45. The topological polar surface area (TPSA) is 289 Å². The van der Waals surface area contributed by atoms with Gasteiger partial charge in [-0.2, -0.15) is 10.5 Å². The summed E-state index contributed by atoms with van der Waals surface area (Å²) in [6.45, 7) is 6.66. The average Bonchev–Trinajstić information content (AvgIpc) is 1.79. The summed E-state index contributed by atoms with van der Waals surface area (Å²) in [5.74, 6) is 0.387. The number of carbonyl (C=O) groups is 4. The van der Waals surface area contributed by atoms with E-state index in [0.29, 0.717) is 107 Å². The van der Waals surface area contributed by atoms with Gasteiger partial charge in [-0.25, -0.2) is 26.4 Å². The van der Waals surface area contributed by atoms with Crippen molar-refractivity contribution in [3.8, 4) is 23.6 Å². The molecule has 2 heterocycles. The van der Waals surface area contributed by atoms with E-state index < -0.39 is 46.1 Å². The number of hydrogen-bond acceptors (Lipinski definition) is 16. The Morgan fingerprint density at radius 3 is 1.33 bits per heavy atom. The number of thiol groups is 2. The molecule has 28 heteroatoms. The van der Waals surface area contributed by atoms with Crippen LogP contribution in [-0.4, -0.2) is 191 Å². The van der Waals surface area contributed by atoms with Gasteiger partial charge in [-0.15, -0.1) is 0 Å². The molecule has 2 saturated heterocycles. The number of halogens is 2. The third-order valence-corrected chi connectivity index (χ3v) is 18.4. The van der Waals surface area contributed by atoms with Crippen molar-refractivity contribution in [1.82, 2.24) is 40.9 Å². The number of unbranched alkanes of at least 4 members (excludes halogenated alkanes) is 1. The molecule has 6 amide bonds. The molecule has 0 aromatic heterocycles. The number of nitriles is 2. The SMILES string of the molecule is Cc1cc(N([C@H]2CCN(CCOCCNC(=O)NCCCCNC(=O)NCCOCCN3CC[C@H](N(c4ccc(O[C@H]5c6cc(Cl)cc(C#N)c6C[C@@H]5N(C)C)c(C)c4)[SH](=O)=O)C3=O)C2=O)[SH](=O)=O)ccc1O[C@H]1c2cc(Cl)cc(C#N)c2C[C@@H]1N(C)C. The first kappa shape index (κ1) is 66.8. The molecule has 0 bridgehead atoms. The Kier molecular flexibility index (Phi) is 23.4. The van der Waals surface area contributed by atoms with Gasteiger partial charge in [0.2, 0.25) is 33.6 Å². The second kappa shape index (κ2) is 30.9. The number of rotatable bonds is 29. The molecule has 8 rings (SSSR count). The number of urea groups is 2. The van der Waals surface area contributed by atoms with Crippen molar-refractivity contribution in [2.45, 2.75) is 88.7 Å². The van der Waals surface area contributed by atoms with Crippen molar-refractivity contribution in [2.75, 3.05) is 116 Å². The highest BCUT2D eigenvalue weighted by molar-refractivity contribution is 7.74. The molecule has 4 aromatic rings. The van der Waals surface area contributed by atoms with Crippen LogP contribution in [-0.2, 0) is 53.7 Å². The molecule has 474 valence electrons. The van der Waals surface area contributed by atoms with Crippen LogP contribution in [0.5, 0.6) is 11.5 Å². The number of benzene rings is 4. The summed E-state index contributed by atoms with van der Waals surface area (Å²) in [6.07, 6.45) is 2.11. The van der Waals surface area contributed by atoms with Crippen LogP contribution in [0.2, 0.25) is 10.0 Å². The van der Waals surface area contributed by atoms with E-state index in [4.69, 9.17) is 42.1 Å². The number of carbonyl (C=O) groups excluding carboxylic acids is 4. The third-order valence-electron chi connectivity index (χ3n) is 16.3. The smallest absolute Gasteiger partial charge is 0.314 e. The van der Waals surface area contributed by atoms with E-state index in [2.05, 4.69) is 33.4 Å². The quantitative estimate of drug-likeness (QED) is 0.0321. The second-order valence-electron chi connectivity index (χ2n) is 22.4. The van der Waals surface area contributed by atoms with Gasteiger partial charge in [0.1, 0.15) is 35.8 Å². The lowest BCUT2D eigenvalue weighted by Crippen LogP contribution is -2.42. The van der Waals surface area contributed by atoms with Crippen molar-refractivity contribution >= 4 is 80.2 Å². The van der Waals surface area contributed by atoms with E-state index in [1.54, 1.807) is 58.3 Å². The van der Waals surface area contributed by atoms with Gasteiger partial charge in [0, 0.05) is 62.4 Å². The van der Waals surface area contributed by atoms with Gasteiger partial charge in [0.15, 0.2) is 0 Å². The first-order chi connectivity index (χ1) is 42.2. The van der Waals surface area contributed by atoms with Crippen LogP contribution in [0.3, 0.4) is 0 Å². The zero-order chi connectivity index (χ0) is 63.3. The molecule has 0 spiro atoms. The summed E-state index contributed by atoms with van der Waals surface area (Å²) in [4.78, 5) is 59.0. The Morgan fingerprint density at radius 1 is 0.591 bits per heavy atom. The minimum Gasteiger partial charge on any atom is -0.484 e. The fourth-order valence-corrected chi connectivity index (χ4v) is 13.7. The molecule has 2 aliphatic carbocycles. The van der Waals surface area contributed by atoms with Crippen molar-refractivity contribution in [2.24, 2.45) is 0 Å². The Hall–Kier alpha value is -7.14. The predicted molar refractivity (Wildman–Crippen MR) is 333 cm³/mol. The number of aryl methyl sites for hydroxylation is 2. The van der Waals surface area contributed by atoms with Crippen molar-refractivity contribution < 1.29 is 55.0 Å². The molecule has 6 atom stereocenters. The van der Waals surface area contributed by atoms with E-state index in [-0.39, 0.29) is 101 Å².